The van der Waals surface area contributed by atoms with Gasteiger partial charge in [0.2, 0.25) is 10.0 Å². The van der Waals surface area contributed by atoms with Crippen molar-refractivity contribution in [2.24, 2.45) is 0 Å². The maximum Gasteiger partial charge on any atom is 0.322 e. The molecular formula is C22H18ClNO5S. The topological polar surface area (TPSA) is 83.9 Å². The summed E-state index contributed by atoms with van der Waals surface area (Å²) in [6.45, 7) is 0.0124. The van der Waals surface area contributed by atoms with Crippen molar-refractivity contribution in [1.29, 1.82) is 0 Å². The predicted molar refractivity (Wildman–Crippen MR) is 112 cm³/mol. The third-order valence-electron chi connectivity index (χ3n) is 4.97. The first-order valence-electron chi connectivity index (χ1n) is 9.19. The van der Waals surface area contributed by atoms with E-state index in [1.165, 1.54) is 24.3 Å². The van der Waals surface area contributed by atoms with Crippen LogP contribution < -0.4 is 4.74 Å². The van der Waals surface area contributed by atoms with Crippen molar-refractivity contribution >= 4 is 27.6 Å². The van der Waals surface area contributed by atoms with Crippen molar-refractivity contribution < 1.29 is 23.1 Å². The molecule has 0 amide bonds. The second kappa shape index (κ2) is 8.10. The highest BCUT2D eigenvalue weighted by atomic mass is 35.5. The minimum absolute atomic E-state index is 0.0107. The molecule has 0 aromatic heterocycles. The Morgan fingerprint density at radius 3 is 2.10 bits per heavy atom. The third kappa shape index (κ3) is 4.05. The second-order valence-corrected chi connectivity index (χ2v) is 9.23. The molecule has 0 radical (unpaired) electrons. The number of benzene rings is 3. The molecule has 0 saturated carbocycles. The highest BCUT2D eigenvalue weighted by Gasteiger charge is 2.39. The molecule has 1 unspecified atom stereocenters. The van der Waals surface area contributed by atoms with Gasteiger partial charge in [0.1, 0.15) is 17.5 Å². The number of hydrogen-bond donors (Lipinski definition) is 1. The van der Waals surface area contributed by atoms with E-state index in [2.05, 4.69) is 0 Å². The number of sulfonamides is 1. The summed E-state index contributed by atoms with van der Waals surface area (Å²) >= 11 is 5.86. The van der Waals surface area contributed by atoms with E-state index in [0.717, 1.165) is 15.4 Å². The molecule has 6 nitrogen and oxygen atoms in total. The van der Waals surface area contributed by atoms with E-state index in [0.29, 0.717) is 16.5 Å². The fraction of sp³-hybridized carbons (Fsp3) is 0.136. The van der Waals surface area contributed by atoms with Crippen LogP contribution in [0.4, 0.5) is 0 Å². The molecule has 1 aliphatic heterocycles. The number of carboxylic acids is 1. The molecule has 1 N–H and O–H groups in total. The molecule has 1 aliphatic rings. The van der Waals surface area contributed by atoms with Crippen molar-refractivity contribution in [3.05, 3.63) is 88.9 Å². The number of ether oxygens (including phenoxy) is 1. The molecule has 0 fully saturated rings. The summed E-state index contributed by atoms with van der Waals surface area (Å²) in [5, 5.41) is 10.2. The lowest BCUT2D eigenvalue weighted by atomic mass is 9.96. The van der Waals surface area contributed by atoms with Gasteiger partial charge in [0.25, 0.3) is 0 Å². The van der Waals surface area contributed by atoms with E-state index in [4.69, 9.17) is 16.3 Å². The van der Waals surface area contributed by atoms with Gasteiger partial charge in [-0.2, -0.15) is 4.31 Å². The number of fused-ring (bicyclic) bond motifs is 1. The molecule has 1 heterocycles. The zero-order valence-corrected chi connectivity index (χ0v) is 17.3. The standard InChI is InChI=1S/C22H18ClNO5S/c23-17-5-7-18(8-6-17)29-19-9-11-20(12-10-19)30(27,28)24-14-16-4-2-1-3-15(16)13-21(24)22(25)26/h1-12,21H,13-14H2,(H,25,26). The Kier molecular flexibility index (Phi) is 5.51. The average Bonchev–Trinajstić information content (AvgIpc) is 2.75. The van der Waals surface area contributed by atoms with Crippen molar-refractivity contribution in [2.45, 2.75) is 23.9 Å². The van der Waals surface area contributed by atoms with Crippen LogP contribution in [0, 0.1) is 0 Å². The fourth-order valence-corrected chi connectivity index (χ4v) is 5.10. The maximum absolute atomic E-state index is 13.2. The number of carboxylic acid groups (broad SMARTS) is 1. The van der Waals surface area contributed by atoms with E-state index in [9.17, 15) is 18.3 Å². The summed E-state index contributed by atoms with van der Waals surface area (Å²) < 4.78 is 33.2. The quantitative estimate of drug-likeness (QED) is 0.634. The number of carbonyl (C=O) groups is 1. The third-order valence-corrected chi connectivity index (χ3v) is 7.09. The average molecular weight is 444 g/mol. The lowest BCUT2D eigenvalue weighted by molar-refractivity contribution is -0.141. The normalized spacial score (nSPS) is 16.6. The summed E-state index contributed by atoms with van der Waals surface area (Å²) in [4.78, 5) is 11.8. The lowest BCUT2D eigenvalue weighted by Gasteiger charge is -2.33. The van der Waals surface area contributed by atoms with E-state index in [1.807, 2.05) is 24.3 Å². The monoisotopic (exact) mass is 443 g/mol. The Bertz CT molecular complexity index is 1180. The molecule has 0 aliphatic carbocycles. The zero-order chi connectivity index (χ0) is 21.3. The van der Waals surface area contributed by atoms with E-state index in [-0.39, 0.29) is 17.9 Å². The molecule has 154 valence electrons. The fourth-order valence-electron chi connectivity index (χ4n) is 3.42. The van der Waals surface area contributed by atoms with Crippen LogP contribution in [0.2, 0.25) is 5.02 Å². The predicted octanol–water partition coefficient (Wildman–Crippen LogP) is 4.33. The van der Waals surface area contributed by atoms with Crippen LogP contribution in [0.3, 0.4) is 0 Å². The molecule has 8 heteroatoms. The summed E-state index contributed by atoms with van der Waals surface area (Å²) in [7, 11) is -4.01. The van der Waals surface area contributed by atoms with Crippen molar-refractivity contribution in [2.75, 3.05) is 0 Å². The molecule has 0 spiro atoms. The van der Waals surface area contributed by atoms with Crippen molar-refractivity contribution in [3.63, 3.8) is 0 Å². The maximum atomic E-state index is 13.2. The smallest absolute Gasteiger partial charge is 0.322 e. The van der Waals surface area contributed by atoms with Gasteiger partial charge in [-0.25, -0.2) is 8.42 Å². The van der Waals surface area contributed by atoms with E-state index in [1.54, 1.807) is 24.3 Å². The van der Waals surface area contributed by atoms with Gasteiger partial charge in [0.05, 0.1) is 4.90 Å². The van der Waals surface area contributed by atoms with Crippen molar-refractivity contribution in [1.82, 2.24) is 4.31 Å². The first-order valence-corrected chi connectivity index (χ1v) is 11.0. The second-order valence-electron chi connectivity index (χ2n) is 6.90. The van der Waals surface area contributed by atoms with Gasteiger partial charge in [0.15, 0.2) is 0 Å². The summed E-state index contributed by atoms with van der Waals surface area (Å²) in [5.41, 5.74) is 1.66. The number of aliphatic carboxylic acids is 1. The first kappa shape index (κ1) is 20.4. The number of nitrogens with zero attached hydrogens (tertiary/aromatic N) is 1. The largest absolute Gasteiger partial charge is 0.480 e. The molecule has 0 saturated heterocycles. The van der Waals surface area contributed by atoms with Gasteiger partial charge in [-0.05, 0) is 59.7 Å². The van der Waals surface area contributed by atoms with Crippen LogP contribution >= 0.6 is 11.6 Å². The van der Waals surface area contributed by atoms with Crippen LogP contribution in [-0.4, -0.2) is 29.8 Å². The lowest BCUT2D eigenvalue weighted by Crippen LogP contribution is -2.48. The number of hydrogen-bond acceptors (Lipinski definition) is 4. The Balaban J connectivity index is 1.60. The van der Waals surface area contributed by atoms with Crippen molar-refractivity contribution in [3.8, 4) is 11.5 Å². The van der Waals surface area contributed by atoms with Gasteiger partial charge in [-0.1, -0.05) is 35.9 Å². The minimum Gasteiger partial charge on any atom is -0.480 e. The van der Waals surface area contributed by atoms with Gasteiger partial charge in [0, 0.05) is 18.0 Å². The summed E-state index contributed by atoms with van der Waals surface area (Å²) in [6.07, 6.45) is 0.127. The highest BCUT2D eigenvalue weighted by Crippen LogP contribution is 2.31. The van der Waals surface area contributed by atoms with Gasteiger partial charge < -0.3 is 9.84 Å². The van der Waals surface area contributed by atoms with Crippen LogP contribution in [-0.2, 0) is 27.8 Å². The summed E-state index contributed by atoms with van der Waals surface area (Å²) in [6, 6.07) is 18.8. The Morgan fingerprint density at radius 2 is 1.50 bits per heavy atom. The number of rotatable bonds is 5. The molecule has 3 aromatic rings. The minimum atomic E-state index is -4.01. The molecule has 3 aromatic carbocycles. The van der Waals surface area contributed by atoms with Crippen LogP contribution in [0.1, 0.15) is 11.1 Å². The first-order chi connectivity index (χ1) is 14.3. The Labute approximate surface area is 179 Å². The van der Waals surface area contributed by atoms with Gasteiger partial charge >= 0.3 is 5.97 Å². The zero-order valence-electron chi connectivity index (χ0n) is 15.7. The highest BCUT2D eigenvalue weighted by molar-refractivity contribution is 7.89. The molecule has 30 heavy (non-hydrogen) atoms. The van der Waals surface area contributed by atoms with Gasteiger partial charge in [-0.15, -0.1) is 0 Å². The van der Waals surface area contributed by atoms with E-state index >= 15 is 0 Å². The van der Waals surface area contributed by atoms with Gasteiger partial charge in [-0.3, -0.25) is 4.79 Å². The molecule has 0 bridgehead atoms. The summed E-state index contributed by atoms with van der Waals surface area (Å²) in [5.74, 6) is -0.153. The molecule has 1 atom stereocenters. The van der Waals surface area contributed by atoms with Crippen LogP contribution in [0.5, 0.6) is 11.5 Å². The number of halogens is 1. The Morgan fingerprint density at radius 1 is 0.933 bits per heavy atom. The molecule has 4 rings (SSSR count). The van der Waals surface area contributed by atoms with Crippen LogP contribution in [0.15, 0.2) is 77.7 Å². The van der Waals surface area contributed by atoms with Crippen LogP contribution in [0.25, 0.3) is 0 Å². The molecular weight excluding hydrogens is 426 g/mol. The SMILES string of the molecule is O=C(O)C1Cc2ccccc2CN1S(=O)(=O)c1ccc(Oc2ccc(Cl)cc2)cc1. The Hall–Kier alpha value is -2.87. The van der Waals surface area contributed by atoms with E-state index < -0.39 is 22.0 Å².